The normalized spacial score (nSPS) is 22.3. The summed E-state index contributed by atoms with van der Waals surface area (Å²) in [5.41, 5.74) is 2.39. The predicted molar refractivity (Wildman–Crippen MR) is 71.0 cm³/mol. The molecule has 18 heavy (non-hydrogen) atoms. The van der Waals surface area contributed by atoms with Gasteiger partial charge in [0.25, 0.3) is 0 Å². The standard InChI is InChI=1S/C14H17N3O/c1-18-14-5-3-2-4-13(14)10-6-11(7-10)17-12-8-15-16-9-12/h2-5,8-11,17H,6-7H2,1H3,(H,15,16). The lowest BCUT2D eigenvalue weighted by Gasteiger charge is -2.37. The molecule has 0 bridgehead atoms. The Morgan fingerprint density at radius 1 is 1.33 bits per heavy atom. The largest absolute Gasteiger partial charge is 0.496 e. The van der Waals surface area contributed by atoms with Gasteiger partial charge in [0.2, 0.25) is 0 Å². The molecule has 4 heteroatoms. The van der Waals surface area contributed by atoms with Gasteiger partial charge in [-0.05, 0) is 30.4 Å². The number of para-hydroxylation sites is 1. The van der Waals surface area contributed by atoms with Gasteiger partial charge in [-0.3, -0.25) is 5.10 Å². The van der Waals surface area contributed by atoms with Crippen molar-refractivity contribution in [3.05, 3.63) is 42.2 Å². The van der Waals surface area contributed by atoms with Crippen LogP contribution in [-0.4, -0.2) is 23.3 Å². The Balaban J connectivity index is 1.61. The Hall–Kier alpha value is -1.97. The van der Waals surface area contributed by atoms with E-state index >= 15 is 0 Å². The Labute approximate surface area is 106 Å². The molecule has 1 fully saturated rings. The molecule has 0 radical (unpaired) electrons. The van der Waals surface area contributed by atoms with E-state index in [1.165, 1.54) is 5.56 Å². The molecule has 1 saturated carbocycles. The minimum atomic E-state index is 0.539. The smallest absolute Gasteiger partial charge is 0.122 e. The first-order valence-electron chi connectivity index (χ1n) is 6.25. The van der Waals surface area contributed by atoms with Crippen molar-refractivity contribution in [2.24, 2.45) is 0 Å². The lowest BCUT2D eigenvalue weighted by Crippen LogP contribution is -2.34. The molecular formula is C14H17N3O. The van der Waals surface area contributed by atoms with Crippen LogP contribution in [0.25, 0.3) is 0 Å². The number of benzene rings is 1. The van der Waals surface area contributed by atoms with Crippen molar-refractivity contribution < 1.29 is 4.74 Å². The quantitative estimate of drug-likeness (QED) is 0.868. The van der Waals surface area contributed by atoms with Crippen LogP contribution in [0.15, 0.2) is 36.7 Å². The first-order chi connectivity index (χ1) is 8.86. The molecule has 0 spiro atoms. The maximum Gasteiger partial charge on any atom is 0.122 e. The van der Waals surface area contributed by atoms with Gasteiger partial charge >= 0.3 is 0 Å². The van der Waals surface area contributed by atoms with Crippen LogP contribution in [0.5, 0.6) is 5.75 Å². The number of nitrogens with zero attached hydrogens (tertiary/aromatic N) is 1. The fraction of sp³-hybridized carbons (Fsp3) is 0.357. The van der Waals surface area contributed by atoms with Gasteiger partial charge < -0.3 is 10.1 Å². The maximum atomic E-state index is 5.41. The summed E-state index contributed by atoms with van der Waals surface area (Å²) in [7, 11) is 1.73. The molecule has 3 rings (SSSR count). The Kier molecular flexibility index (Phi) is 2.92. The summed E-state index contributed by atoms with van der Waals surface area (Å²) in [4.78, 5) is 0. The third kappa shape index (κ3) is 2.06. The zero-order valence-electron chi connectivity index (χ0n) is 10.4. The Bertz CT molecular complexity index is 504. The van der Waals surface area contributed by atoms with E-state index < -0.39 is 0 Å². The van der Waals surface area contributed by atoms with Crippen molar-refractivity contribution in [2.75, 3.05) is 12.4 Å². The molecular weight excluding hydrogens is 226 g/mol. The Morgan fingerprint density at radius 2 is 2.17 bits per heavy atom. The third-order valence-corrected chi connectivity index (χ3v) is 3.59. The molecule has 1 aliphatic rings. The first-order valence-corrected chi connectivity index (χ1v) is 6.25. The summed E-state index contributed by atoms with van der Waals surface area (Å²) < 4.78 is 5.41. The van der Waals surface area contributed by atoms with Gasteiger partial charge in [-0.2, -0.15) is 5.10 Å². The maximum absolute atomic E-state index is 5.41. The summed E-state index contributed by atoms with van der Waals surface area (Å²) >= 11 is 0. The molecule has 1 aromatic carbocycles. The van der Waals surface area contributed by atoms with Crippen LogP contribution in [-0.2, 0) is 0 Å². The van der Waals surface area contributed by atoms with Crippen molar-refractivity contribution in [1.82, 2.24) is 10.2 Å². The van der Waals surface area contributed by atoms with Gasteiger partial charge in [-0.15, -0.1) is 0 Å². The highest BCUT2D eigenvalue weighted by molar-refractivity contribution is 5.42. The molecule has 1 aliphatic carbocycles. The highest BCUT2D eigenvalue weighted by Crippen LogP contribution is 2.41. The molecule has 1 heterocycles. The topological polar surface area (TPSA) is 49.9 Å². The zero-order valence-corrected chi connectivity index (χ0v) is 10.4. The van der Waals surface area contributed by atoms with Gasteiger partial charge in [0, 0.05) is 12.2 Å². The number of hydrogen-bond donors (Lipinski definition) is 2. The van der Waals surface area contributed by atoms with Crippen LogP contribution in [0, 0.1) is 0 Å². The minimum absolute atomic E-state index is 0.539. The molecule has 0 aliphatic heterocycles. The fourth-order valence-electron chi connectivity index (χ4n) is 2.56. The van der Waals surface area contributed by atoms with Gasteiger partial charge in [-0.25, -0.2) is 0 Å². The van der Waals surface area contributed by atoms with E-state index in [-0.39, 0.29) is 0 Å². The van der Waals surface area contributed by atoms with Crippen LogP contribution < -0.4 is 10.1 Å². The van der Waals surface area contributed by atoms with E-state index in [1.54, 1.807) is 7.11 Å². The van der Waals surface area contributed by atoms with Crippen LogP contribution in [0.3, 0.4) is 0 Å². The average molecular weight is 243 g/mol. The number of methoxy groups -OCH3 is 1. The van der Waals surface area contributed by atoms with Crippen molar-refractivity contribution in [3.63, 3.8) is 0 Å². The number of nitrogens with one attached hydrogen (secondary N) is 2. The van der Waals surface area contributed by atoms with Crippen molar-refractivity contribution >= 4 is 5.69 Å². The van der Waals surface area contributed by atoms with E-state index in [0.29, 0.717) is 12.0 Å². The lowest BCUT2D eigenvalue weighted by atomic mass is 9.75. The van der Waals surface area contributed by atoms with E-state index in [0.717, 1.165) is 24.3 Å². The van der Waals surface area contributed by atoms with E-state index in [2.05, 4.69) is 27.6 Å². The number of hydrogen-bond acceptors (Lipinski definition) is 3. The number of H-pyrrole nitrogens is 1. The summed E-state index contributed by atoms with van der Waals surface area (Å²) in [6, 6.07) is 8.83. The predicted octanol–water partition coefficient (Wildman–Crippen LogP) is 2.78. The molecule has 94 valence electrons. The molecule has 2 aromatic rings. The van der Waals surface area contributed by atoms with Gasteiger partial charge in [0.05, 0.1) is 19.0 Å². The number of aromatic nitrogens is 2. The van der Waals surface area contributed by atoms with Crippen LogP contribution in [0.2, 0.25) is 0 Å². The molecule has 4 nitrogen and oxygen atoms in total. The average Bonchev–Trinajstić information content (AvgIpc) is 2.86. The molecule has 0 saturated heterocycles. The highest BCUT2D eigenvalue weighted by atomic mass is 16.5. The summed E-state index contributed by atoms with van der Waals surface area (Å²) in [6.45, 7) is 0. The first kappa shape index (κ1) is 11.1. The van der Waals surface area contributed by atoms with E-state index in [9.17, 15) is 0 Å². The second kappa shape index (κ2) is 4.72. The molecule has 0 unspecified atom stereocenters. The van der Waals surface area contributed by atoms with Gasteiger partial charge in [-0.1, -0.05) is 18.2 Å². The van der Waals surface area contributed by atoms with Gasteiger partial charge in [0.15, 0.2) is 0 Å². The lowest BCUT2D eigenvalue weighted by molar-refractivity contribution is 0.350. The van der Waals surface area contributed by atoms with Crippen LogP contribution in [0.4, 0.5) is 5.69 Å². The Morgan fingerprint density at radius 3 is 2.89 bits per heavy atom. The van der Waals surface area contributed by atoms with Crippen molar-refractivity contribution in [2.45, 2.75) is 24.8 Å². The van der Waals surface area contributed by atoms with E-state index in [4.69, 9.17) is 4.74 Å². The molecule has 0 atom stereocenters. The number of anilines is 1. The molecule has 0 amide bonds. The second-order valence-corrected chi connectivity index (χ2v) is 4.74. The summed E-state index contributed by atoms with van der Waals surface area (Å²) in [6.07, 6.45) is 5.99. The summed E-state index contributed by atoms with van der Waals surface area (Å²) in [5, 5.41) is 10.2. The zero-order chi connectivity index (χ0) is 12.4. The SMILES string of the molecule is COc1ccccc1C1CC(Nc2cn[nH]c2)C1. The number of ether oxygens (including phenoxy) is 1. The highest BCUT2D eigenvalue weighted by Gasteiger charge is 2.31. The van der Waals surface area contributed by atoms with Crippen LogP contribution >= 0.6 is 0 Å². The van der Waals surface area contributed by atoms with Gasteiger partial charge in [0.1, 0.15) is 5.75 Å². The van der Waals surface area contributed by atoms with E-state index in [1.807, 2.05) is 24.5 Å². The third-order valence-electron chi connectivity index (χ3n) is 3.59. The second-order valence-electron chi connectivity index (χ2n) is 4.74. The fourth-order valence-corrected chi connectivity index (χ4v) is 2.56. The number of aromatic amines is 1. The summed E-state index contributed by atoms with van der Waals surface area (Å²) in [5.74, 6) is 1.61. The monoisotopic (exact) mass is 243 g/mol. The minimum Gasteiger partial charge on any atom is -0.496 e. The van der Waals surface area contributed by atoms with Crippen LogP contribution in [0.1, 0.15) is 24.3 Å². The number of rotatable bonds is 4. The van der Waals surface area contributed by atoms with Crippen molar-refractivity contribution in [3.8, 4) is 5.75 Å². The molecule has 2 N–H and O–H groups in total. The van der Waals surface area contributed by atoms with Crippen molar-refractivity contribution in [1.29, 1.82) is 0 Å². The molecule has 1 aromatic heterocycles.